The Hall–Kier alpha value is -3.93. The third-order valence-electron chi connectivity index (χ3n) is 9.14. The number of rotatable bonds is 10. The number of aromatic nitrogens is 4. The number of carbonyl (C=O) groups excluding carboxylic acids is 1. The molecule has 0 saturated carbocycles. The Morgan fingerprint density at radius 1 is 1.00 bits per heavy atom. The molecule has 1 aromatic carbocycles. The molecule has 0 radical (unpaired) electrons. The van der Waals surface area contributed by atoms with Crippen molar-refractivity contribution in [3.05, 3.63) is 54.1 Å². The predicted octanol–water partition coefficient (Wildman–Crippen LogP) is 10.4. The molecule has 0 bridgehead atoms. The number of aryl methyl sites for hydroxylation is 1. The zero-order valence-corrected chi connectivity index (χ0v) is 34.3. The van der Waals surface area contributed by atoms with Gasteiger partial charge in [-0.05, 0) is 130 Å². The monoisotopic (exact) mass is 731 g/mol. The van der Waals surface area contributed by atoms with Crippen LogP contribution in [-0.2, 0) is 22.4 Å². The van der Waals surface area contributed by atoms with Crippen LogP contribution in [0.3, 0.4) is 0 Å². The van der Waals surface area contributed by atoms with Gasteiger partial charge in [0.1, 0.15) is 16.9 Å². The number of allylic oxidation sites excluding steroid dienone is 1. The van der Waals surface area contributed by atoms with Crippen LogP contribution in [0.25, 0.3) is 49.0 Å². The van der Waals surface area contributed by atoms with Gasteiger partial charge in [-0.25, -0.2) is 9.78 Å². The standard InChI is InChI=1S/C41H57N5O5S/c1-15-34(50-39(6,7)8)45-29-19-26(23-44(14)25(2)38(3,4)5)18-27(16-17-41(12,13)48)28(29)20-30(45)35-36-31(21-33(52-36)32-22-42-24-49-32)46(43-35)37(47)51-40(9,10)11/h15,18-22,24-25,48H,16-17,23H2,1-14H3/b34-15+. The number of ether oxygens (including phenoxy) is 2. The van der Waals surface area contributed by atoms with Crippen molar-refractivity contribution in [1.29, 1.82) is 0 Å². The largest absolute Gasteiger partial charge is 0.473 e. The van der Waals surface area contributed by atoms with Crippen molar-refractivity contribution < 1.29 is 23.8 Å². The maximum absolute atomic E-state index is 13.7. The molecule has 5 rings (SSSR count). The second-order valence-corrected chi connectivity index (χ2v) is 18.6. The first kappa shape index (κ1) is 39.3. The molecule has 0 fully saturated rings. The average molecular weight is 732 g/mol. The number of fused-ring (bicyclic) bond motifs is 2. The van der Waals surface area contributed by atoms with E-state index in [1.165, 1.54) is 22.4 Å². The van der Waals surface area contributed by atoms with Gasteiger partial charge in [0.05, 0.1) is 38.1 Å². The Morgan fingerprint density at radius 2 is 1.67 bits per heavy atom. The zero-order valence-electron chi connectivity index (χ0n) is 33.5. The van der Waals surface area contributed by atoms with Gasteiger partial charge in [0.15, 0.2) is 18.0 Å². The minimum Gasteiger partial charge on any atom is -0.473 e. The average Bonchev–Trinajstić information content (AvgIpc) is 3.79. The molecule has 10 nitrogen and oxygen atoms in total. The van der Waals surface area contributed by atoms with Gasteiger partial charge in [0.2, 0.25) is 0 Å². The van der Waals surface area contributed by atoms with Crippen molar-refractivity contribution in [3.8, 4) is 22.0 Å². The summed E-state index contributed by atoms with van der Waals surface area (Å²) >= 11 is 1.48. The fourth-order valence-corrected chi connectivity index (χ4v) is 7.29. The third-order valence-corrected chi connectivity index (χ3v) is 10.3. The Labute approximate surface area is 312 Å². The smallest absolute Gasteiger partial charge is 0.435 e. The molecule has 5 aromatic rings. The summed E-state index contributed by atoms with van der Waals surface area (Å²) in [5, 5.41) is 16.9. The molecule has 0 aliphatic rings. The molecule has 4 heterocycles. The van der Waals surface area contributed by atoms with Crippen LogP contribution in [0.1, 0.15) is 108 Å². The highest BCUT2D eigenvalue weighted by Crippen LogP contribution is 2.43. The van der Waals surface area contributed by atoms with E-state index in [9.17, 15) is 9.90 Å². The number of hydrogen-bond donors (Lipinski definition) is 1. The van der Waals surface area contributed by atoms with Crippen LogP contribution in [0.15, 0.2) is 47.3 Å². The summed E-state index contributed by atoms with van der Waals surface area (Å²) < 4.78 is 22.5. The van der Waals surface area contributed by atoms with Gasteiger partial charge in [0, 0.05) is 18.0 Å². The molecule has 0 saturated heterocycles. The molecule has 0 amide bonds. The molecule has 52 heavy (non-hydrogen) atoms. The Morgan fingerprint density at radius 3 is 2.23 bits per heavy atom. The predicted molar refractivity (Wildman–Crippen MR) is 211 cm³/mol. The molecule has 1 unspecified atom stereocenters. The molecule has 11 heteroatoms. The maximum Gasteiger partial charge on any atom is 0.435 e. The molecule has 282 valence electrons. The summed E-state index contributed by atoms with van der Waals surface area (Å²) in [6.07, 6.45) is 5.70. The molecule has 0 spiro atoms. The second kappa shape index (κ2) is 14.1. The lowest BCUT2D eigenvalue weighted by Crippen LogP contribution is -2.38. The highest BCUT2D eigenvalue weighted by molar-refractivity contribution is 7.22. The van der Waals surface area contributed by atoms with E-state index in [0.29, 0.717) is 41.7 Å². The first-order chi connectivity index (χ1) is 24.0. The number of aliphatic hydroxyl groups is 1. The van der Waals surface area contributed by atoms with Crippen molar-refractivity contribution in [2.45, 2.75) is 132 Å². The Kier molecular flexibility index (Phi) is 10.7. The van der Waals surface area contributed by atoms with Crippen LogP contribution in [-0.4, -0.2) is 65.3 Å². The van der Waals surface area contributed by atoms with Crippen LogP contribution in [0, 0.1) is 5.41 Å². The lowest BCUT2D eigenvalue weighted by molar-refractivity contribution is 0.0522. The van der Waals surface area contributed by atoms with Crippen LogP contribution in [0.4, 0.5) is 4.79 Å². The van der Waals surface area contributed by atoms with Crippen molar-refractivity contribution in [1.82, 2.24) is 24.2 Å². The summed E-state index contributed by atoms with van der Waals surface area (Å²) in [6, 6.07) is 8.88. The summed E-state index contributed by atoms with van der Waals surface area (Å²) in [4.78, 5) is 21.1. The lowest BCUT2D eigenvalue weighted by Gasteiger charge is -2.35. The number of oxazole rings is 1. The van der Waals surface area contributed by atoms with E-state index in [-0.39, 0.29) is 5.41 Å². The van der Waals surface area contributed by atoms with Gasteiger partial charge < -0.3 is 19.0 Å². The molecule has 0 aliphatic carbocycles. The summed E-state index contributed by atoms with van der Waals surface area (Å²) in [5.41, 5.74) is 3.23. The van der Waals surface area contributed by atoms with E-state index in [1.807, 2.05) is 74.5 Å². The lowest BCUT2D eigenvalue weighted by atomic mass is 9.87. The van der Waals surface area contributed by atoms with Gasteiger partial charge in [-0.1, -0.05) is 26.8 Å². The van der Waals surface area contributed by atoms with Crippen LogP contribution in [0.5, 0.6) is 0 Å². The Balaban J connectivity index is 1.84. The molecule has 1 atom stereocenters. The number of benzene rings is 1. The fraction of sp³-hybridized carbons (Fsp3) is 0.537. The molecular formula is C41H57N5O5S. The molecule has 4 aromatic heterocycles. The Bertz CT molecular complexity index is 2070. The van der Waals surface area contributed by atoms with E-state index in [0.717, 1.165) is 43.8 Å². The van der Waals surface area contributed by atoms with Gasteiger partial charge >= 0.3 is 6.09 Å². The number of nitrogens with zero attached hydrogens (tertiary/aromatic N) is 5. The van der Waals surface area contributed by atoms with E-state index in [4.69, 9.17) is 19.0 Å². The van der Waals surface area contributed by atoms with Gasteiger partial charge in [0.25, 0.3) is 0 Å². The summed E-state index contributed by atoms with van der Waals surface area (Å²) in [6.45, 7) is 27.1. The number of thiophene rings is 1. The van der Waals surface area contributed by atoms with E-state index in [2.05, 4.69) is 67.4 Å². The summed E-state index contributed by atoms with van der Waals surface area (Å²) in [5.74, 6) is 1.24. The summed E-state index contributed by atoms with van der Waals surface area (Å²) in [7, 11) is 2.17. The van der Waals surface area contributed by atoms with Crippen molar-refractivity contribution in [2.24, 2.45) is 5.41 Å². The van der Waals surface area contributed by atoms with Crippen molar-refractivity contribution in [3.63, 3.8) is 0 Å². The number of carbonyl (C=O) groups is 1. The normalized spacial score (nSPS) is 14.2. The topological polar surface area (TPSA) is 108 Å². The molecular weight excluding hydrogens is 675 g/mol. The first-order valence-electron chi connectivity index (χ1n) is 18.1. The van der Waals surface area contributed by atoms with Gasteiger partial charge in [-0.2, -0.15) is 9.78 Å². The minimum atomic E-state index is -0.846. The minimum absolute atomic E-state index is 0.0955. The van der Waals surface area contributed by atoms with Gasteiger partial charge in [-0.3, -0.25) is 9.47 Å². The molecule has 0 aliphatic heterocycles. The van der Waals surface area contributed by atoms with E-state index in [1.54, 1.807) is 6.20 Å². The van der Waals surface area contributed by atoms with Crippen LogP contribution >= 0.6 is 11.3 Å². The zero-order chi connectivity index (χ0) is 38.6. The molecule has 1 N–H and O–H groups in total. The van der Waals surface area contributed by atoms with E-state index < -0.39 is 22.9 Å². The van der Waals surface area contributed by atoms with Crippen molar-refractivity contribution in [2.75, 3.05) is 7.05 Å². The highest BCUT2D eigenvalue weighted by atomic mass is 32.1. The van der Waals surface area contributed by atoms with Crippen LogP contribution < -0.4 is 0 Å². The second-order valence-electron chi connectivity index (χ2n) is 17.6. The van der Waals surface area contributed by atoms with Gasteiger partial charge in [-0.15, -0.1) is 11.3 Å². The quantitative estimate of drug-likeness (QED) is 0.141. The van der Waals surface area contributed by atoms with Crippen molar-refractivity contribution >= 4 is 44.4 Å². The maximum atomic E-state index is 13.7. The SMILES string of the molecule is C/C=C(/OC(C)(C)C)n1c(-c2nn(C(=O)OC(C)(C)C)c3cc(-c4cnco4)sc23)cc2c(CCC(C)(C)O)cc(CN(C)C(C)C(C)(C)C)cc21. The third kappa shape index (κ3) is 8.81. The van der Waals surface area contributed by atoms with E-state index >= 15 is 0 Å². The number of hydrogen-bond acceptors (Lipinski definition) is 9. The first-order valence-corrected chi connectivity index (χ1v) is 18.9. The van der Waals surface area contributed by atoms with Crippen LogP contribution in [0.2, 0.25) is 0 Å². The highest BCUT2D eigenvalue weighted by Gasteiger charge is 2.30. The fourth-order valence-electron chi connectivity index (χ4n) is 6.21.